The van der Waals surface area contributed by atoms with Crippen LogP contribution in [0.25, 0.3) is 0 Å². The lowest BCUT2D eigenvalue weighted by atomic mass is 9.59. The summed E-state index contributed by atoms with van der Waals surface area (Å²) in [7, 11) is 0. The molecule has 9 aromatic rings. The van der Waals surface area contributed by atoms with Crippen molar-refractivity contribution in [1.29, 1.82) is 0 Å². The van der Waals surface area contributed by atoms with E-state index in [2.05, 4.69) is 273 Å². The van der Waals surface area contributed by atoms with E-state index in [1.807, 2.05) is 0 Å². The predicted molar refractivity (Wildman–Crippen MR) is 268 cm³/mol. The molecule has 0 spiro atoms. The topological polar surface area (TPSA) is 26.0 Å². The molecule has 0 aliphatic rings. The first kappa shape index (κ1) is 42.3. The molecule has 2 atom stereocenters. The second-order valence-corrected chi connectivity index (χ2v) is 17.4. The van der Waals surface area contributed by atoms with Crippen LogP contribution in [-0.4, -0.2) is 6.04 Å². The third kappa shape index (κ3) is 8.28. The van der Waals surface area contributed by atoms with Crippen LogP contribution in [0, 0.1) is 5.92 Å². The summed E-state index contributed by atoms with van der Waals surface area (Å²) in [6.45, 7) is 0. The molecule has 0 amide bonds. The lowest BCUT2D eigenvalue weighted by molar-refractivity contribution is 0.272. The van der Waals surface area contributed by atoms with Crippen molar-refractivity contribution < 1.29 is 0 Å². The highest BCUT2D eigenvalue weighted by molar-refractivity contribution is 5.54. The van der Waals surface area contributed by atoms with Gasteiger partial charge in [-0.2, -0.15) is 0 Å². The molecule has 0 radical (unpaired) electrons. The highest BCUT2D eigenvalue weighted by Crippen LogP contribution is 2.51. The molecule has 314 valence electrons. The van der Waals surface area contributed by atoms with E-state index in [0.717, 1.165) is 19.3 Å². The zero-order chi connectivity index (χ0) is 43.5. The van der Waals surface area contributed by atoms with E-state index in [1.54, 1.807) is 0 Å². The average molecular weight is 828 g/mol. The maximum absolute atomic E-state index is 8.20. The molecule has 9 rings (SSSR count). The van der Waals surface area contributed by atoms with Crippen LogP contribution in [0.3, 0.4) is 0 Å². The Kier molecular flexibility index (Phi) is 12.9. The first-order chi connectivity index (χ1) is 31.6. The fourth-order valence-electron chi connectivity index (χ4n) is 10.9. The van der Waals surface area contributed by atoms with Crippen LogP contribution in [0.15, 0.2) is 273 Å². The van der Waals surface area contributed by atoms with Gasteiger partial charge in [-0.3, -0.25) is 0 Å². The fourth-order valence-corrected chi connectivity index (χ4v) is 10.9. The zero-order valence-electron chi connectivity index (χ0n) is 36.5. The Hall–Kier alpha value is -7.06. The van der Waals surface area contributed by atoms with Gasteiger partial charge in [-0.05, 0) is 81.7 Å². The Bertz CT molecular complexity index is 2450. The van der Waals surface area contributed by atoms with Crippen molar-refractivity contribution in [2.24, 2.45) is 11.7 Å². The van der Waals surface area contributed by atoms with Gasteiger partial charge >= 0.3 is 0 Å². The number of rotatable bonds is 17. The van der Waals surface area contributed by atoms with Gasteiger partial charge < -0.3 is 5.73 Å². The molecule has 2 N–H and O–H groups in total. The van der Waals surface area contributed by atoms with Gasteiger partial charge in [0.15, 0.2) is 0 Å². The maximum atomic E-state index is 8.20. The van der Waals surface area contributed by atoms with Crippen molar-refractivity contribution in [3.8, 4) is 0 Å². The minimum Gasteiger partial charge on any atom is -0.327 e. The molecular formula is C63H57N. The van der Waals surface area contributed by atoms with Crippen molar-refractivity contribution in [1.82, 2.24) is 0 Å². The third-order valence-corrected chi connectivity index (χ3v) is 14.0. The number of hydrogen-bond acceptors (Lipinski definition) is 1. The Labute approximate surface area is 381 Å². The van der Waals surface area contributed by atoms with Crippen molar-refractivity contribution in [3.63, 3.8) is 0 Å². The van der Waals surface area contributed by atoms with Crippen LogP contribution >= 0.6 is 0 Å². The highest BCUT2D eigenvalue weighted by atomic mass is 14.7. The second-order valence-electron chi connectivity index (χ2n) is 17.4. The smallest absolute Gasteiger partial charge is 0.0466 e. The lowest BCUT2D eigenvalue weighted by Crippen LogP contribution is -2.44. The van der Waals surface area contributed by atoms with Crippen molar-refractivity contribution in [2.75, 3.05) is 0 Å². The maximum Gasteiger partial charge on any atom is 0.0466 e. The molecule has 0 saturated carbocycles. The first-order valence-electron chi connectivity index (χ1n) is 22.9. The Balaban J connectivity index is 1.28. The molecule has 0 fully saturated rings. The Morgan fingerprint density at radius 1 is 0.250 bits per heavy atom. The molecule has 0 saturated heterocycles. The summed E-state index contributed by atoms with van der Waals surface area (Å²) in [5.41, 5.74) is 18.1. The molecule has 0 heterocycles. The lowest BCUT2D eigenvalue weighted by Gasteiger charge is -2.45. The summed E-state index contributed by atoms with van der Waals surface area (Å²) >= 11 is 0. The fraction of sp³-hybridized carbons (Fsp3) is 0.143. The molecule has 0 aliphatic heterocycles. The normalized spacial score (nSPS) is 12.9. The standard InChI is InChI=1S/C63H57N/c64-60(49-63(57-40-22-7-23-41-57,58-42-24-8-25-43-58)59-44-26-9-27-45-59)50(48-62(54-34-16-4-17-35-54,55-36-18-5-19-37-55)56-38-20-6-21-39-56)46-47-61(51-28-10-1-11-29-51,52-30-12-2-13-31-52)53-32-14-3-15-33-53/h1-45,50,60H,46-49,64H2. The van der Waals surface area contributed by atoms with Crippen LogP contribution in [0.5, 0.6) is 0 Å². The first-order valence-corrected chi connectivity index (χ1v) is 22.9. The van der Waals surface area contributed by atoms with E-state index in [4.69, 9.17) is 5.73 Å². The molecule has 1 heteroatoms. The van der Waals surface area contributed by atoms with Crippen LogP contribution in [-0.2, 0) is 16.2 Å². The van der Waals surface area contributed by atoms with Gasteiger partial charge in [0.1, 0.15) is 0 Å². The molecule has 9 aromatic carbocycles. The quantitative estimate of drug-likeness (QED) is 0.0909. The molecule has 0 bridgehead atoms. The van der Waals surface area contributed by atoms with Crippen molar-refractivity contribution >= 4 is 0 Å². The zero-order valence-corrected chi connectivity index (χ0v) is 36.5. The van der Waals surface area contributed by atoms with Crippen molar-refractivity contribution in [3.05, 3.63) is 323 Å². The van der Waals surface area contributed by atoms with Gasteiger partial charge in [-0.25, -0.2) is 0 Å². The third-order valence-electron chi connectivity index (χ3n) is 14.0. The van der Waals surface area contributed by atoms with Crippen LogP contribution < -0.4 is 5.73 Å². The van der Waals surface area contributed by atoms with Gasteiger partial charge in [0.05, 0.1) is 0 Å². The van der Waals surface area contributed by atoms with Crippen LogP contribution in [0.1, 0.15) is 75.8 Å². The van der Waals surface area contributed by atoms with Crippen LogP contribution in [0.4, 0.5) is 0 Å². The van der Waals surface area contributed by atoms with E-state index in [0.29, 0.717) is 6.42 Å². The molecule has 0 aliphatic carbocycles. The van der Waals surface area contributed by atoms with E-state index in [1.165, 1.54) is 50.1 Å². The predicted octanol–water partition coefficient (Wildman–Crippen LogP) is 14.6. The molecule has 1 nitrogen and oxygen atoms in total. The van der Waals surface area contributed by atoms with E-state index in [-0.39, 0.29) is 12.0 Å². The average Bonchev–Trinajstić information content (AvgIpc) is 3.39. The van der Waals surface area contributed by atoms with E-state index >= 15 is 0 Å². The Morgan fingerprint density at radius 3 is 0.656 bits per heavy atom. The van der Waals surface area contributed by atoms with E-state index < -0.39 is 16.2 Å². The minimum atomic E-state index is -0.522. The van der Waals surface area contributed by atoms with Gasteiger partial charge in [0, 0.05) is 22.3 Å². The van der Waals surface area contributed by atoms with Gasteiger partial charge in [0.2, 0.25) is 0 Å². The summed E-state index contributed by atoms with van der Waals surface area (Å²) in [4.78, 5) is 0. The van der Waals surface area contributed by atoms with Crippen molar-refractivity contribution in [2.45, 2.75) is 48.0 Å². The summed E-state index contributed by atoms with van der Waals surface area (Å²) in [6.07, 6.45) is 3.23. The molecular weight excluding hydrogens is 771 g/mol. The monoisotopic (exact) mass is 827 g/mol. The van der Waals surface area contributed by atoms with E-state index in [9.17, 15) is 0 Å². The summed E-state index contributed by atoms with van der Waals surface area (Å²) in [5, 5.41) is 0. The molecule has 0 aromatic heterocycles. The largest absolute Gasteiger partial charge is 0.327 e. The summed E-state index contributed by atoms with van der Waals surface area (Å²) < 4.78 is 0. The second kappa shape index (κ2) is 19.5. The minimum absolute atomic E-state index is 0.0339. The number of nitrogens with two attached hydrogens (primary N) is 1. The van der Waals surface area contributed by atoms with Crippen LogP contribution in [0.2, 0.25) is 0 Å². The van der Waals surface area contributed by atoms with Gasteiger partial charge in [-0.15, -0.1) is 0 Å². The molecule has 2 unspecified atom stereocenters. The summed E-state index contributed by atoms with van der Waals surface area (Å²) in [5.74, 6) is 0.0339. The summed E-state index contributed by atoms with van der Waals surface area (Å²) in [6, 6.07) is 100. The number of hydrogen-bond donors (Lipinski definition) is 1. The number of benzene rings is 9. The highest BCUT2D eigenvalue weighted by Gasteiger charge is 2.45. The van der Waals surface area contributed by atoms with Gasteiger partial charge in [0.25, 0.3) is 0 Å². The SMILES string of the molecule is NC(CC(c1ccccc1)(c1ccccc1)c1ccccc1)C(CCC(c1ccccc1)(c1ccccc1)c1ccccc1)CC(c1ccccc1)(c1ccccc1)c1ccccc1. The Morgan fingerprint density at radius 2 is 0.438 bits per heavy atom. The molecule has 64 heavy (non-hydrogen) atoms. The van der Waals surface area contributed by atoms with Gasteiger partial charge in [-0.1, -0.05) is 273 Å².